The average Bonchev–Trinajstić information content (AvgIpc) is 3.14. The number of hydrogen-bond donors (Lipinski definition) is 1. The standard InChI is InChI=1S/C21H29N3O3/c25-20(17-9-14-27-19-6-2-1-5-16(19)15-17)22-18-7-12-24(13-8-18)21(26)23-10-3-4-11-23/h1-2,5-6,17-18H,3-4,7-15H2,(H,22,25)/t17-/m1/s1. The van der Waals surface area contributed by atoms with Gasteiger partial charge >= 0.3 is 6.03 Å². The maximum Gasteiger partial charge on any atom is 0.319 e. The highest BCUT2D eigenvalue weighted by Gasteiger charge is 2.30. The van der Waals surface area contributed by atoms with Gasteiger partial charge in [0.25, 0.3) is 0 Å². The van der Waals surface area contributed by atoms with Crippen molar-refractivity contribution in [2.24, 2.45) is 5.92 Å². The number of carbonyl (C=O) groups is 2. The summed E-state index contributed by atoms with van der Waals surface area (Å²) >= 11 is 0. The van der Waals surface area contributed by atoms with E-state index in [9.17, 15) is 9.59 Å². The smallest absolute Gasteiger partial charge is 0.319 e. The fraction of sp³-hybridized carbons (Fsp3) is 0.619. The first kappa shape index (κ1) is 18.1. The third-order valence-electron chi connectivity index (χ3n) is 6.02. The minimum absolute atomic E-state index is 0.0436. The van der Waals surface area contributed by atoms with E-state index in [1.54, 1.807) is 0 Å². The Morgan fingerprint density at radius 2 is 1.67 bits per heavy atom. The quantitative estimate of drug-likeness (QED) is 0.869. The van der Waals surface area contributed by atoms with Crippen molar-refractivity contribution in [3.05, 3.63) is 29.8 Å². The summed E-state index contributed by atoms with van der Waals surface area (Å²) in [5.74, 6) is 0.985. The second kappa shape index (κ2) is 8.19. The molecule has 6 heteroatoms. The van der Waals surface area contributed by atoms with Gasteiger partial charge in [-0.1, -0.05) is 18.2 Å². The molecule has 3 aliphatic rings. The highest BCUT2D eigenvalue weighted by Crippen LogP contribution is 2.27. The van der Waals surface area contributed by atoms with Crippen LogP contribution >= 0.6 is 0 Å². The van der Waals surface area contributed by atoms with E-state index in [1.165, 1.54) is 0 Å². The Morgan fingerprint density at radius 1 is 0.963 bits per heavy atom. The summed E-state index contributed by atoms with van der Waals surface area (Å²) in [6.07, 6.45) is 5.39. The van der Waals surface area contributed by atoms with Crippen LogP contribution in [0, 0.1) is 5.92 Å². The molecule has 2 saturated heterocycles. The number of ether oxygens (including phenoxy) is 1. The third kappa shape index (κ3) is 4.20. The minimum atomic E-state index is -0.0436. The fourth-order valence-electron chi connectivity index (χ4n) is 4.36. The van der Waals surface area contributed by atoms with Gasteiger partial charge in [-0.3, -0.25) is 4.79 Å². The van der Waals surface area contributed by atoms with Gasteiger partial charge in [0.2, 0.25) is 5.91 Å². The molecule has 0 bridgehead atoms. The summed E-state index contributed by atoms with van der Waals surface area (Å²) in [5.41, 5.74) is 1.11. The molecule has 1 aromatic rings. The van der Waals surface area contributed by atoms with Gasteiger partial charge in [-0.05, 0) is 50.2 Å². The molecular formula is C21H29N3O3. The highest BCUT2D eigenvalue weighted by atomic mass is 16.5. The predicted octanol–water partition coefficient (Wildman–Crippen LogP) is 2.42. The monoisotopic (exact) mass is 371 g/mol. The molecule has 0 spiro atoms. The van der Waals surface area contributed by atoms with Gasteiger partial charge in [0, 0.05) is 38.1 Å². The molecule has 1 N–H and O–H groups in total. The van der Waals surface area contributed by atoms with Crippen LogP contribution < -0.4 is 10.1 Å². The zero-order valence-corrected chi connectivity index (χ0v) is 15.9. The number of hydrogen-bond acceptors (Lipinski definition) is 3. The molecule has 27 heavy (non-hydrogen) atoms. The van der Waals surface area contributed by atoms with Crippen LogP contribution in [0.1, 0.15) is 37.7 Å². The van der Waals surface area contributed by atoms with E-state index in [1.807, 2.05) is 34.1 Å². The number of nitrogens with one attached hydrogen (secondary N) is 1. The van der Waals surface area contributed by atoms with Crippen molar-refractivity contribution >= 4 is 11.9 Å². The molecule has 0 aliphatic carbocycles. The molecule has 4 rings (SSSR count). The Kier molecular flexibility index (Phi) is 5.50. The maximum atomic E-state index is 12.8. The van der Waals surface area contributed by atoms with E-state index in [0.717, 1.165) is 76.0 Å². The number of para-hydroxylation sites is 1. The van der Waals surface area contributed by atoms with Crippen LogP contribution in [0.15, 0.2) is 24.3 Å². The minimum Gasteiger partial charge on any atom is -0.493 e. The zero-order valence-electron chi connectivity index (χ0n) is 15.9. The van der Waals surface area contributed by atoms with Gasteiger partial charge < -0.3 is 19.9 Å². The first-order chi connectivity index (χ1) is 13.2. The molecule has 6 nitrogen and oxygen atoms in total. The van der Waals surface area contributed by atoms with Crippen LogP contribution in [-0.4, -0.2) is 60.6 Å². The van der Waals surface area contributed by atoms with Crippen LogP contribution in [0.2, 0.25) is 0 Å². The Hall–Kier alpha value is -2.24. The Balaban J connectivity index is 1.27. The number of amides is 3. The SMILES string of the molecule is O=C(NC1CCN(C(=O)N2CCCC2)CC1)[C@@H]1CCOc2ccccc2C1. The van der Waals surface area contributed by atoms with Crippen LogP contribution in [-0.2, 0) is 11.2 Å². The lowest BCUT2D eigenvalue weighted by Crippen LogP contribution is -2.50. The summed E-state index contributed by atoms with van der Waals surface area (Å²) in [7, 11) is 0. The lowest BCUT2D eigenvalue weighted by molar-refractivity contribution is -0.126. The van der Waals surface area contributed by atoms with Crippen molar-refractivity contribution in [2.45, 2.75) is 44.6 Å². The lowest BCUT2D eigenvalue weighted by Gasteiger charge is -2.35. The van der Waals surface area contributed by atoms with Gasteiger partial charge in [-0.15, -0.1) is 0 Å². The van der Waals surface area contributed by atoms with Crippen molar-refractivity contribution in [3.8, 4) is 5.75 Å². The summed E-state index contributed by atoms with van der Waals surface area (Å²) in [6.45, 7) is 3.83. The number of benzene rings is 1. The second-order valence-electron chi connectivity index (χ2n) is 7.89. The summed E-state index contributed by atoms with van der Waals surface area (Å²) in [6, 6.07) is 8.33. The second-order valence-corrected chi connectivity index (χ2v) is 7.89. The van der Waals surface area contributed by atoms with E-state index in [4.69, 9.17) is 4.74 Å². The normalized spacial score (nSPS) is 23.3. The Labute approximate surface area is 160 Å². The van der Waals surface area contributed by atoms with E-state index in [0.29, 0.717) is 6.61 Å². The maximum absolute atomic E-state index is 12.8. The number of fused-ring (bicyclic) bond motifs is 1. The number of piperidine rings is 1. The first-order valence-corrected chi connectivity index (χ1v) is 10.3. The molecule has 1 atom stereocenters. The van der Waals surface area contributed by atoms with Crippen molar-refractivity contribution in [2.75, 3.05) is 32.8 Å². The number of rotatable bonds is 2. The number of urea groups is 1. The molecule has 0 aromatic heterocycles. The molecule has 146 valence electrons. The third-order valence-corrected chi connectivity index (χ3v) is 6.02. The molecule has 1 aromatic carbocycles. The van der Waals surface area contributed by atoms with E-state index >= 15 is 0 Å². The Morgan fingerprint density at radius 3 is 2.44 bits per heavy atom. The van der Waals surface area contributed by atoms with E-state index in [2.05, 4.69) is 5.32 Å². The van der Waals surface area contributed by atoms with Crippen LogP contribution in [0.5, 0.6) is 5.75 Å². The molecule has 0 radical (unpaired) electrons. The molecule has 3 aliphatic heterocycles. The highest BCUT2D eigenvalue weighted by molar-refractivity contribution is 5.79. The van der Waals surface area contributed by atoms with Gasteiger partial charge in [-0.2, -0.15) is 0 Å². The fourth-order valence-corrected chi connectivity index (χ4v) is 4.36. The largest absolute Gasteiger partial charge is 0.493 e. The summed E-state index contributed by atoms with van der Waals surface area (Å²) in [4.78, 5) is 29.2. The topological polar surface area (TPSA) is 61.9 Å². The van der Waals surface area contributed by atoms with Crippen molar-refractivity contribution < 1.29 is 14.3 Å². The summed E-state index contributed by atoms with van der Waals surface area (Å²) < 4.78 is 5.78. The van der Waals surface area contributed by atoms with E-state index < -0.39 is 0 Å². The van der Waals surface area contributed by atoms with Crippen molar-refractivity contribution in [1.29, 1.82) is 0 Å². The lowest BCUT2D eigenvalue weighted by atomic mass is 9.95. The Bertz CT molecular complexity index is 679. The summed E-state index contributed by atoms with van der Waals surface area (Å²) in [5, 5.41) is 3.23. The van der Waals surface area contributed by atoms with Crippen molar-refractivity contribution in [3.63, 3.8) is 0 Å². The van der Waals surface area contributed by atoms with Gasteiger partial charge in [-0.25, -0.2) is 4.79 Å². The van der Waals surface area contributed by atoms with Gasteiger partial charge in [0.05, 0.1) is 6.61 Å². The molecule has 3 amide bonds. The molecule has 3 heterocycles. The van der Waals surface area contributed by atoms with Crippen LogP contribution in [0.4, 0.5) is 4.79 Å². The van der Waals surface area contributed by atoms with Gasteiger partial charge in [0.1, 0.15) is 5.75 Å². The first-order valence-electron chi connectivity index (χ1n) is 10.3. The van der Waals surface area contributed by atoms with Crippen molar-refractivity contribution in [1.82, 2.24) is 15.1 Å². The van der Waals surface area contributed by atoms with Crippen LogP contribution in [0.3, 0.4) is 0 Å². The number of nitrogens with zero attached hydrogens (tertiary/aromatic N) is 2. The number of carbonyl (C=O) groups excluding carboxylic acids is 2. The predicted molar refractivity (Wildman–Crippen MR) is 103 cm³/mol. The average molecular weight is 371 g/mol. The molecular weight excluding hydrogens is 342 g/mol. The van der Waals surface area contributed by atoms with Crippen LogP contribution in [0.25, 0.3) is 0 Å². The van der Waals surface area contributed by atoms with E-state index in [-0.39, 0.29) is 23.9 Å². The molecule has 0 unspecified atom stereocenters. The molecule has 0 saturated carbocycles. The zero-order chi connectivity index (χ0) is 18.6. The molecule has 2 fully saturated rings. The van der Waals surface area contributed by atoms with Gasteiger partial charge in [0.15, 0.2) is 0 Å². The number of likely N-dealkylation sites (tertiary alicyclic amines) is 2.